The van der Waals surface area contributed by atoms with Gasteiger partial charge in [0.1, 0.15) is 12.6 Å². The lowest BCUT2D eigenvalue weighted by Gasteiger charge is -2.12. The van der Waals surface area contributed by atoms with Crippen LogP contribution in [0.3, 0.4) is 0 Å². The van der Waals surface area contributed by atoms with Gasteiger partial charge in [0.05, 0.1) is 0 Å². The SMILES string of the molecule is CCCC=CC(CF)C(F)(F)F. The van der Waals surface area contributed by atoms with Crippen LogP contribution in [-0.4, -0.2) is 12.9 Å². The van der Waals surface area contributed by atoms with Gasteiger partial charge in [-0.3, -0.25) is 4.39 Å². The van der Waals surface area contributed by atoms with E-state index in [2.05, 4.69) is 0 Å². The summed E-state index contributed by atoms with van der Waals surface area (Å²) >= 11 is 0. The van der Waals surface area contributed by atoms with E-state index >= 15 is 0 Å². The third kappa shape index (κ3) is 4.36. The first-order valence-corrected chi connectivity index (χ1v) is 3.81. The van der Waals surface area contributed by atoms with E-state index in [0.29, 0.717) is 6.42 Å². The lowest BCUT2D eigenvalue weighted by molar-refractivity contribution is -0.164. The highest BCUT2D eigenvalue weighted by atomic mass is 19.4. The molecule has 0 fully saturated rings. The first-order valence-electron chi connectivity index (χ1n) is 3.81. The Balaban J connectivity index is 4.00. The molecular formula is C8H12F4. The number of halogens is 4. The van der Waals surface area contributed by atoms with Crippen LogP contribution in [0.4, 0.5) is 17.6 Å². The number of rotatable bonds is 4. The van der Waals surface area contributed by atoms with Gasteiger partial charge in [-0.05, 0) is 6.42 Å². The fourth-order valence-electron chi connectivity index (χ4n) is 0.675. The minimum absolute atomic E-state index is 0.562. The Bertz CT molecular complexity index is 136. The zero-order valence-corrected chi connectivity index (χ0v) is 6.87. The Kier molecular flexibility index (Phi) is 4.93. The summed E-state index contributed by atoms with van der Waals surface area (Å²) in [6.45, 7) is 0.478. The maximum atomic E-state index is 11.9. The van der Waals surface area contributed by atoms with E-state index in [0.717, 1.165) is 12.5 Å². The van der Waals surface area contributed by atoms with Crippen LogP contribution in [0.15, 0.2) is 12.2 Å². The van der Waals surface area contributed by atoms with Crippen LogP contribution in [0.25, 0.3) is 0 Å². The minimum atomic E-state index is -4.45. The standard InChI is InChI=1S/C8H12F4/c1-2-3-4-5-7(6-9)8(10,11)12/h4-5,7H,2-3,6H2,1H3. The van der Waals surface area contributed by atoms with Gasteiger partial charge in [-0.25, -0.2) is 0 Å². The summed E-state index contributed by atoms with van der Waals surface area (Å²) in [6, 6.07) is 0. The van der Waals surface area contributed by atoms with Gasteiger partial charge in [0.2, 0.25) is 0 Å². The maximum absolute atomic E-state index is 11.9. The largest absolute Gasteiger partial charge is 0.397 e. The molecule has 0 aromatic carbocycles. The van der Waals surface area contributed by atoms with Crippen LogP contribution in [0.2, 0.25) is 0 Å². The highest BCUT2D eigenvalue weighted by Crippen LogP contribution is 2.27. The van der Waals surface area contributed by atoms with Crippen molar-refractivity contribution >= 4 is 0 Å². The fraction of sp³-hybridized carbons (Fsp3) is 0.750. The molecule has 0 rings (SSSR count). The zero-order chi connectivity index (χ0) is 9.61. The third-order valence-corrected chi connectivity index (χ3v) is 1.41. The van der Waals surface area contributed by atoms with Crippen LogP contribution < -0.4 is 0 Å². The quantitative estimate of drug-likeness (QED) is 0.463. The predicted octanol–water partition coefficient (Wildman–Crippen LogP) is 3.49. The molecule has 0 bridgehead atoms. The normalized spacial score (nSPS) is 15.4. The van der Waals surface area contributed by atoms with E-state index < -0.39 is 18.8 Å². The van der Waals surface area contributed by atoms with Crippen LogP contribution in [-0.2, 0) is 0 Å². The number of alkyl halides is 4. The molecule has 1 atom stereocenters. The molecule has 0 heterocycles. The van der Waals surface area contributed by atoms with Gasteiger partial charge in [0.25, 0.3) is 0 Å². The van der Waals surface area contributed by atoms with E-state index in [1.165, 1.54) is 6.08 Å². The highest BCUT2D eigenvalue weighted by Gasteiger charge is 2.37. The lowest BCUT2D eigenvalue weighted by atomic mass is 10.1. The van der Waals surface area contributed by atoms with Crippen molar-refractivity contribution in [2.24, 2.45) is 5.92 Å². The molecule has 0 saturated carbocycles. The molecule has 0 aliphatic carbocycles. The lowest BCUT2D eigenvalue weighted by Crippen LogP contribution is -2.22. The topological polar surface area (TPSA) is 0 Å². The molecule has 1 unspecified atom stereocenters. The second-order valence-corrected chi connectivity index (χ2v) is 2.52. The molecule has 12 heavy (non-hydrogen) atoms. The summed E-state index contributed by atoms with van der Waals surface area (Å²) in [4.78, 5) is 0. The van der Waals surface area contributed by atoms with E-state index in [1.54, 1.807) is 0 Å². The van der Waals surface area contributed by atoms with Crippen LogP contribution >= 0.6 is 0 Å². The Morgan fingerprint density at radius 2 is 1.92 bits per heavy atom. The molecular weight excluding hydrogens is 172 g/mol. The molecule has 0 saturated heterocycles. The number of hydrogen-bond acceptors (Lipinski definition) is 0. The van der Waals surface area contributed by atoms with Gasteiger partial charge in [-0.2, -0.15) is 13.2 Å². The van der Waals surface area contributed by atoms with Crippen molar-refractivity contribution in [3.63, 3.8) is 0 Å². The molecule has 0 aromatic heterocycles. The van der Waals surface area contributed by atoms with Crippen molar-refractivity contribution < 1.29 is 17.6 Å². The molecule has 0 aliphatic rings. The van der Waals surface area contributed by atoms with Crippen molar-refractivity contribution in [1.29, 1.82) is 0 Å². The van der Waals surface area contributed by atoms with Gasteiger partial charge in [-0.15, -0.1) is 0 Å². The molecule has 0 aromatic rings. The predicted molar refractivity (Wildman–Crippen MR) is 39.6 cm³/mol. The van der Waals surface area contributed by atoms with Crippen molar-refractivity contribution in [2.45, 2.75) is 25.9 Å². The third-order valence-electron chi connectivity index (χ3n) is 1.41. The monoisotopic (exact) mass is 184 g/mol. The number of allylic oxidation sites excluding steroid dienone is 2. The molecule has 0 N–H and O–H groups in total. The highest BCUT2D eigenvalue weighted by molar-refractivity contribution is 4.91. The summed E-state index contributed by atoms with van der Waals surface area (Å²) in [5, 5.41) is 0. The number of unbranched alkanes of at least 4 members (excludes halogenated alkanes) is 1. The molecule has 4 heteroatoms. The van der Waals surface area contributed by atoms with E-state index in [4.69, 9.17) is 0 Å². The average molecular weight is 184 g/mol. The van der Waals surface area contributed by atoms with Gasteiger partial charge in [-0.1, -0.05) is 25.5 Å². The average Bonchev–Trinajstić information content (AvgIpc) is 1.95. The first kappa shape index (κ1) is 11.5. The summed E-state index contributed by atoms with van der Waals surface area (Å²) in [5.41, 5.74) is 0. The summed E-state index contributed by atoms with van der Waals surface area (Å²) in [6.07, 6.45) is -0.847. The zero-order valence-electron chi connectivity index (χ0n) is 6.87. The van der Waals surface area contributed by atoms with Gasteiger partial charge < -0.3 is 0 Å². The van der Waals surface area contributed by atoms with Crippen molar-refractivity contribution in [1.82, 2.24) is 0 Å². The summed E-state index contributed by atoms with van der Waals surface area (Å²) in [5.74, 6) is -1.93. The van der Waals surface area contributed by atoms with Crippen molar-refractivity contribution in [3.05, 3.63) is 12.2 Å². The Hall–Kier alpha value is -0.540. The molecule has 0 radical (unpaired) electrons. The molecule has 0 spiro atoms. The van der Waals surface area contributed by atoms with Crippen molar-refractivity contribution in [3.8, 4) is 0 Å². The molecule has 0 amide bonds. The van der Waals surface area contributed by atoms with E-state index in [-0.39, 0.29) is 0 Å². The second-order valence-electron chi connectivity index (χ2n) is 2.52. The fourth-order valence-corrected chi connectivity index (χ4v) is 0.675. The first-order chi connectivity index (χ1) is 5.52. The van der Waals surface area contributed by atoms with Crippen molar-refractivity contribution in [2.75, 3.05) is 6.67 Å². The maximum Gasteiger partial charge on any atom is 0.397 e. The Morgan fingerprint density at radius 3 is 2.25 bits per heavy atom. The number of hydrogen-bond donors (Lipinski definition) is 0. The summed E-state index contributed by atoms with van der Waals surface area (Å²) in [7, 11) is 0. The van der Waals surface area contributed by atoms with Gasteiger partial charge in [0, 0.05) is 0 Å². The van der Waals surface area contributed by atoms with Crippen LogP contribution in [0, 0.1) is 5.92 Å². The smallest absolute Gasteiger partial charge is 0.250 e. The van der Waals surface area contributed by atoms with E-state index in [1.807, 2.05) is 6.92 Å². The Morgan fingerprint density at radius 1 is 1.33 bits per heavy atom. The second kappa shape index (κ2) is 5.17. The minimum Gasteiger partial charge on any atom is -0.250 e. The Labute approximate surface area is 69.3 Å². The van der Waals surface area contributed by atoms with E-state index in [9.17, 15) is 17.6 Å². The molecule has 72 valence electrons. The van der Waals surface area contributed by atoms with Gasteiger partial charge in [0.15, 0.2) is 0 Å². The van der Waals surface area contributed by atoms with Crippen LogP contribution in [0.5, 0.6) is 0 Å². The summed E-state index contributed by atoms with van der Waals surface area (Å²) < 4.78 is 47.4. The molecule has 0 aliphatic heterocycles. The molecule has 0 nitrogen and oxygen atoms in total. The van der Waals surface area contributed by atoms with Gasteiger partial charge >= 0.3 is 6.18 Å². The van der Waals surface area contributed by atoms with Crippen LogP contribution in [0.1, 0.15) is 19.8 Å².